The molecule has 0 saturated heterocycles. The number of thiocarbonyl (C=S) groups is 1. The van der Waals surface area contributed by atoms with E-state index in [-0.39, 0.29) is 0 Å². The van der Waals surface area contributed by atoms with E-state index >= 15 is 0 Å². The van der Waals surface area contributed by atoms with Gasteiger partial charge >= 0.3 is 0 Å². The van der Waals surface area contributed by atoms with E-state index in [0.29, 0.717) is 11.6 Å². The molecule has 1 aromatic heterocycles. The minimum absolute atomic E-state index is 0.381. The van der Waals surface area contributed by atoms with E-state index in [1.165, 1.54) is 0 Å². The van der Waals surface area contributed by atoms with Crippen molar-refractivity contribution in [3.63, 3.8) is 0 Å². The first-order valence-corrected chi connectivity index (χ1v) is 7.54. The van der Waals surface area contributed by atoms with E-state index in [4.69, 9.17) is 22.7 Å². The largest absolute Gasteiger partial charge is 0.487 e. The average molecular weight is 303 g/mol. The van der Waals surface area contributed by atoms with Gasteiger partial charge in [-0.15, -0.1) is 0 Å². The molecular formula is C16H21N3OS. The van der Waals surface area contributed by atoms with Crippen molar-refractivity contribution in [3.8, 4) is 5.75 Å². The van der Waals surface area contributed by atoms with E-state index < -0.39 is 0 Å². The molecule has 0 saturated carbocycles. The predicted molar refractivity (Wildman–Crippen MR) is 88.7 cm³/mol. The monoisotopic (exact) mass is 303 g/mol. The second-order valence-electron chi connectivity index (χ2n) is 4.93. The molecule has 0 aliphatic carbocycles. The van der Waals surface area contributed by atoms with Gasteiger partial charge in [-0.05, 0) is 38.0 Å². The average Bonchev–Trinajstić information content (AvgIpc) is 2.88. The van der Waals surface area contributed by atoms with Crippen molar-refractivity contribution < 1.29 is 4.74 Å². The van der Waals surface area contributed by atoms with Crippen LogP contribution in [0, 0.1) is 6.92 Å². The molecule has 1 heterocycles. The zero-order valence-electron chi connectivity index (χ0n) is 12.7. The Morgan fingerprint density at radius 3 is 2.71 bits per heavy atom. The minimum Gasteiger partial charge on any atom is -0.487 e. The highest BCUT2D eigenvalue weighted by molar-refractivity contribution is 7.80. The molecule has 21 heavy (non-hydrogen) atoms. The predicted octanol–water partition coefficient (Wildman–Crippen LogP) is 2.99. The summed E-state index contributed by atoms with van der Waals surface area (Å²) in [7, 11) is 0. The molecule has 2 aromatic rings. The van der Waals surface area contributed by atoms with Crippen LogP contribution in [-0.4, -0.2) is 14.8 Å². The molecule has 0 radical (unpaired) electrons. The SMILES string of the molecule is CCc1cc(COc2cc(C(N)=S)ccc2C)n(CC)n1. The first-order chi connectivity index (χ1) is 10.0. The fraction of sp³-hybridized carbons (Fsp3) is 0.375. The number of nitrogens with zero attached hydrogens (tertiary/aromatic N) is 2. The van der Waals surface area contributed by atoms with E-state index in [1.54, 1.807) is 0 Å². The van der Waals surface area contributed by atoms with Crippen LogP contribution in [0.15, 0.2) is 24.3 Å². The second kappa shape index (κ2) is 6.72. The van der Waals surface area contributed by atoms with Gasteiger partial charge in [-0.1, -0.05) is 31.3 Å². The third-order valence-corrected chi connectivity index (χ3v) is 3.66. The molecule has 2 rings (SSSR count). The lowest BCUT2D eigenvalue weighted by molar-refractivity contribution is 0.290. The van der Waals surface area contributed by atoms with Gasteiger partial charge in [-0.25, -0.2) is 0 Å². The molecule has 112 valence electrons. The molecule has 2 N–H and O–H groups in total. The van der Waals surface area contributed by atoms with Crippen molar-refractivity contribution in [2.24, 2.45) is 5.73 Å². The Hall–Kier alpha value is -1.88. The van der Waals surface area contributed by atoms with Crippen molar-refractivity contribution >= 4 is 17.2 Å². The van der Waals surface area contributed by atoms with Gasteiger partial charge in [-0.2, -0.15) is 5.10 Å². The lowest BCUT2D eigenvalue weighted by Gasteiger charge is -2.11. The summed E-state index contributed by atoms with van der Waals surface area (Å²) in [6, 6.07) is 7.87. The molecule has 0 bridgehead atoms. The van der Waals surface area contributed by atoms with E-state index in [2.05, 4.69) is 25.0 Å². The molecule has 0 fully saturated rings. The smallest absolute Gasteiger partial charge is 0.130 e. The third kappa shape index (κ3) is 3.61. The Bertz CT molecular complexity index is 649. The van der Waals surface area contributed by atoms with E-state index in [9.17, 15) is 0 Å². The number of hydrogen-bond acceptors (Lipinski definition) is 3. The number of nitrogens with two attached hydrogens (primary N) is 1. The summed E-state index contributed by atoms with van der Waals surface area (Å²) >= 11 is 5.01. The van der Waals surface area contributed by atoms with Gasteiger partial charge in [0.2, 0.25) is 0 Å². The van der Waals surface area contributed by atoms with Crippen LogP contribution in [0.3, 0.4) is 0 Å². The van der Waals surface area contributed by atoms with Gasteiger partial charge in [0, 0.05) is 12.1 Å². The molecule has 0 atom stereocenters. The van der Waals surface area contributed by atoms with Crippen LogP contribution >= 0.6 is 12.2 Å². The maximum absolute atomic E-state index is 5.94. The first kappa shape index (κ1) is 15.5. The minimum atomic E-state index is 0.381. The molecule has 4 nitrogen and oxygen atoms in total. The molecule has 5 heteroatoms. The van der Waals surface area contributed by atoms with Crippen LogP contribution in [0.25, 0.3) is 0 Å². The summed E-state index contributed by atoms with van der Waals surface area (Å²) in [5.74, 6) is 0.808. The quantitative estimate of drug-likeness (QED) is 0.834. The van der Waals surface area contributed by atoms with Crippen molar-refractivity contribution in [2.75, 3.05) is 0 Å². The Morgan fingerprint density at radius 2 is 2.10 bits per heavy atom. The number of benzene rings is 1. The Kier molecular flexibility index (Phi) is 4.96. The Balaban J connectivity index is 2.18. The van der Waals surface area contributed by atoms with Gasteiger partial charge in [0.1, 0.15) is 17.3 Å². The fourth-order valence-corrected chi connectivity index (χ4v) is 2.27. The number of rotatable bonds is 6. The van der Waals surface area contributed by atoms with Gasteiger partial charge in [0.05, 0.1) is 11.4 Å². The molecule has 0 aliphatic heterocycles. The fourth-order valence-electron chi connectivity index (χ4n) is 2.14. The highest BCUT2D eigenvalue weighted by atomic mass is 32.1. The molecule has 0 amide bonds. The number of ether oxygens (including phenoxy) is 1. The summed E-state index contributed by atoms with van der Waals surface area (Å²) in [6.07, 6.45) is 0.927. The summed E-state index contributed by atoms with van der Waals surface area (Å²) < 4.78 is 7.92. The van der Waals surface area contributed by atoms with Gasteiger partial charge < -0.3 is 10.5 Å². The van der Waals surface area contributed by atoms with Crippen molar-refractivity contribution in [3.05, 3.63) is 46.8 Å². The number of hydrogen-bond donors (Lipinski definition) is 1. The van der Waals surface area contributed by atoms with Crippen LogP contribution in [-0.2, 0) is 19.6 Å². The second-order valence-corrected chi connectivity index (χ2v) is 5.37. The van der Waals surface area contributed by atoms with Gasteiger partial charge in [-0.3, -0.25) is 4.68 Å². The number of aryl methyl sites for hydroxylation is 3. The van der Waals surface area contributed by atoms with Crippen molar-refractivity contribution in [1.82, 2.24) is 9.78 Å². The van der Waals surface area contributed by atoms with Crippen LogP contribution in [0.2, 0.25) is 0 Å². The molecule has 1 aromatic carbocycles. The highest BCUT2D eigenvalue weighted by Crippen LogP contribution is 2.21. The Labute approximate surface area is 130 Å². The van der Waals surface area contributed by atoms with Crippen LogP contribution in [0.1, 0.15) is 36.4 Å². The topological polar surface area (TPSA) is 53.1 Å². The maximum Gasteiger partial charge on any atom is 0.130 e. The third-order valence-electron chi connectivity index (χ3n) is 3.42. The zero-order chi connectivity index (χ0) is 15.4. The molecule has 0 unspecified atom stereocenters. The van der Waals surface area contributed by atoms with Crippen molar-refractivity contribution in [2.45, 2.75) is 40.3 Å². The molecule has 0 aliphatic rings. The van der Waals surface area contributed by atoms with E-state index in [1.807, 2.05) is 29.8 Å². The highest BCUT2D eigenvalue weighted by Gasteiger charge is 2.08. The van der Waals surface area contributed by atoms with Gasteiger partial charge in [0.25, 0.3) is 0 Å². The van der Waals surface area contributed by atoms with Crippen molar-refractivity contribution in [1.29, 1.82) is 0 Å². The van der Waals surface area contributed by atoms with Gasteiger partial charge in [0.15, 0.2) is 0 Å². The maximum atomic E-state index is 5.94. The zero-order valence-corrected chi connectivity index (χ0v) is 13.5. The summed E-state index contributed by atoms with van der Waals surface area (Å²) in [5, 5.41) is 4.52. The molecule has 0 spiro atoms. The van der Waals surface area contributed by atoms with Crippen LogP contribution in [0.4, 0.5) is 0 Å². The summed E-state index contributed by atoms with van der Waals surface area (Å²) in [4.78, 5) is 0.381. The normalized spacial score (nSPS) is 10.6. The first-order valence-electron chi connectivity index (χ1n) is 7.14. The number of aromatic nitrogens is 2. The van der Waals surface area contributed by atoms with Crippen LogP contribution < -0.4 is 10.5 Å². The lowest BCUT2D eigenvalue weighted by Crippen LogP contribution is -2.10. The summed E-state index contributed by atoms with van der Waals surface area (Å²) in [6.45, 7) is 7.51. The standard InChI is InChI=1S/C16H21N3OS/c1-4-13-9-14(19(5-2)18-13)10-20-15-8-12(16(17)21)7-6-11(15)3/h6-9H,4-5,10H2,1-3H3,(H2,17,21). The Morgan fingerprint density at radius 1 is 1.33 bits per heavy atom. The summed E-state index contributed by atoms with van der Waals surface area (Å²) in [5.41, 5.74) is 9.72. The van der Waals surface area contributed by atoms with E-state index in [0.717, 1.165) is 41.2 Å². The molecular weight excluding hydrogens is 282 g/mol. The van der Waals surface area contributed by atoms with Crippen LogP contribution in [0.5, 0.6) is 5.75 Å². The lowest BCUT2D eigenvalue weighted by atomic mass is 10.1.